The lowest BCUT2D eigenvalue weighted by Crippen LogP contribution is -2.37. The van der Waals surface area contributed by atoms with Gasteiger partial charge in [0.2, 0.25) is 5.88 Å². The quantitative estimate of drug-likeness (QED) is 0.0164. The molecule has 2 saturated heterocycles. The number of pyridine rings is 1. The number of aromatic nitrogens is 9. The van der Waals surface area contributed by atoms with E-state index in [0.29, 0.717) is 159 Å². The number of benzene rings is 7. The first-order chi connectivity index (χ1) is 69.3. The maximum atomic E-state index is 11.8. The standard InChI is InChI=1S/C28H34N4O5.C27H33ClN4O3.C26H35N5O5.C26H30N4O4S/c1-29-17-22(33)18-37-23-5-3-4-20(14-23)28-30-24(19-6-7-25-26(15-19)36-13-12-35-25)16-27(31-28)32(2)21-8-10-34-11-9-21;1-18-25(19-7-5-4-6-8-19)30-26(31-27(18)32(3)22-9-11-34-12-10-22)20-13-21(28)15-24(14-20)35-17-23(33)16-29-2;1-27-17-21(32)18-36-22-7-5-6-20(14-22)26-29-23(19-8-9-28-25(15-19)35-4)16-24(30-26)31(10-12-33-2)11-13-34-3;1-5-6-14-30(3)25-16-24(19-10-12-23(13-11-19)35(4,32)33)28-26(29-25)20-8-7-9-22(15-20)34-18-21(31)17-27-2/h3-7,14-16,21-22,29,33H,8-13,17-18H2,1-2H3;4-8,13-15,22-23,29,33H,9-12,16-17H2,1-3H3;5-9,14-16,21,27,32H,10-13,17-18H2,1-4H3;1,7-13,15-16,21,27,31H,6,14,17-18H2,2-4H3. The summed E-state index contributed by atoms with van der Waals surface area (Å²) in [5.74, 6) is 12.4. The van der Waals surface area contributed by atoms with Crippen LogP contribution in [0.2, 0.25) is 5.02 Å². The topological polar surface area (TPSA) is 394 Å². The van der Waals surface area contributed by atoms with E-state index in [1.165, 1.54) is 6.26 Å². The van der Waals surface area contributed by atoms with Gasteiger partial charge >= 0.3 is 0 Å². The van der Waals surface area contributed by atoms with Crippen LogP contribution >= 0.6 is 11.6 Å². The van der Waals surface area contributed by atoms with Crippen molar-refractivity contribution in [1.82, 2.24) is 66.1 Å². The summed E-state index contributed by atoms with van der Waals surface area (Å²) in [7, 11) is 14.8. The zero-order chi connectivity index (χ0) is 102. The lowest BCUT2D eigenvalue weighted by molar-refractivity contribution is 0.0852. The van der Waals surface area contributed by atoms with Crippen molar-refractivity contribution in [1.29, 1.82) is 0 Å². The van der Waals surface area contributed by atoms with Crippen LogP contribution in [0.5, 0.6) is 40.4 Å². The van der Waals surface area contributed by atoms with Crippen molar-refractivity contribution >= 4 is 44.7 Å². The fraction of sp³-hybridized carbons (Fsp3) is 0.393. The van der Waals surface area contributed by atoms with Crippen LogP contribution in [0.3, 0.4) is 0 Å². The SMILES string of the molecule is C#CCCN(C)c1cc(-c2ccc(S(C)(=O)=O)cc2)nc(-c2cccc(OCC(O)CNC)c2)n1.CNCC(O)COc1cc(Cl)cc(-c2nc(-c3ccccc3)c(C)c(N(C)C3CCOCC3)n2)c1.CNCC(O)COc1cccc(-c2nc(-c3ccc4c(c3)OCCO4)cc(N(C)C3CCOCC3)n2)c1.CNCC(O)COc1cccc(-c2nc(-c3ccnc(OC)c3)cc(N(CCOC)CCOC)n2)c1. The van der Waals surface area contributed by atoms with Crippen molar-refractivity contribution in [3.63, 3.8) is 0 Å². The van der Waals surface area contributed by atoms with Gasteiger partial charge in [-0.25, -0.2) is 53.3 Å². The molecule has 8 N–H and O–H groups in total. The highest BCUT2D eigenvalue weighted by Crippen LogP contribution is 2.40. The summed E-state index contributed by atoms with van der Waals surface area (Å²) in [6.07, 6.45) is 10.2. The van der Waals surface area contributed by atoms with Crippen molar-refractivity contribution in [2.45, 2.75) is 80.4 Å². The largest absolute Gasteiger partial charge is 0.491 e. The third-order valence-corrected chi connectivity index (χ3v) is 24.9. The van der Waals surface area contributed by atoms with Gasteiger partial charge in [0.1, 0.15) is 110 Å². The molecule has 0 aliphatic carbocycles. The second-order valence-corrected chi connectivity index (χ2v) is 36.8. The van der Waals surface area contributed by atoms with Gasteiger partial charge < -0.3 is 113 Å². The molecule has 2 fully saturated rings. The Balaban J connectivity index is 0.000000170. The number of methoxy groups -OCH3 is 3. The second kappa shape index (κ2) is 55.7. The average molecular weight is 2000 g/mol. The molecule has 15 rings (SSSR count). The predicted octanol–water partition coefficient (Wildman–Crippen LogP) is 12.4. The van der Waals surface area contributed by atoms with Crippen LogP contribution in [-0.4, -0.2) is 312 Å². The third kappa shape index (κ3) is 32.6. The Kier molecular flexibility index (Phi) is 42.4. The Morgan fingerprint density at radius 3 is 1.41 bits per heavy atom. The highest BCUT2D eigenvalue weighted by molar-refractivity contribution is 7.90. The lowest BCUT2D eigenvalue weighted by atomic mass is 10.0. The van der Waals surface area contributed by atoms with E-state index >= 15 is 0 Å². The highest BCUT2D eigenvalue weighted by Gasteiger charge is 2.28. The molecule has 36 heteroatoms. The van der Waals surface area contributed by atoms with Crippen molar-refractivity contribution in [2.24, 2.45) is 0 Å². The number of aliphatic hydroxyl groups excluding tert-OH is 4. The number of terminal acetylenes is 1. The summed E-state index contributed by atoms with van der Waals surface area (Å²) >= 11 is 6.45. The van der Waals surface area contributed by atoms with Crippen LogP contribution in [0.4, 0.5) is 23.3 Å². The molecular weight excluding hydrogens is 1860 g/mol. The Hall–Kier alpha value is -12.9. The van der Waals surface area contributed by atoms with Gasteiger partial charge in [-0.3, -0.25) is 0 Å². The van der Waals surface area contributed by atoms with Crippen LogP contribution < -0.4 is 74.0 Å². The molecule has 8 heterocycles. The number of nitrogens with one attached hydrogen (secondary N) is 4. The van der Waals surface area contributed by atoms with Gasteiger partial charge in [0, 0.05) is 218 Å². The van der Waals surface area contributed by atoms with Gasteiger partial charge in [-0.05, 0) is 152 Å². The number of anilines is 4. The summed E-state index contributed by atoms with van der Waals surface area (Å²) in [6, 6.07) is 60.9. The normalized spacial score (nSPS) is 13.8. The molecule has 0 saturated carbocycles. The molecule has 0 radical (unpaired) electrons. The molecule has 3 aliphatic rings. The van der Waals surface area contributed by atoms with Gasteiger partial charge in [0.05, 0.1) is 48.0 Å². The maximum Gasteiger partial charge on any atom is 0.213 e. The molecule has 4 unspecified atom stereocenters. The highest BCUT2D eigenvalue weighted by atomic mass is 35.5. The van der Waals surface area contributed by atoms with Crippen molar-refractivity contribution in [2.75, 3.05) is 222 Å². The van der Waals surface area contributed by atoms with Gasteiger partial charge in [-0.15, -0.1) is 12.3 Å². The fourth-order valence-corrected chi connectivity index (χ4v) is 16.6. The molecular formula is C107H132ClN17O17S. The van der Waals surface area contributed by atoms with Crippen LogP contribution in [0, 0.1) is 19.3 Å². The molecule has 143 heavy (non-hydrogen) atoms. The molecule has 0 bridgehead atoms. The Morgan fingerprint density at radius 2 is 0.902 bits per heavy atom. The number of hydrogen-bond acceptors (Lipinski definition) is 34. The summed E-state index contributed by atoms with van der Waals surface area (Å²) in [5, 5.41) is 52.2. The smallest absolute Gasteiger partial charge is 0.213 e. The number of aliphatic hydroxyl groups is 4. The minimum absolute atomic E-state index is 0.151. The van der Waals surface area contributed by atoms with Crippen LogP contribution in [0.1, 0.15) is 37.7 Å². The molecule has 4 atom stereocenters. The second-order valence-electron chi connectivity index (χ2n) is 34.4. The lowest BCUT2D eigenvalue weighted by Gasteiger charge is -2.33. The molecule has 0 spiro atoms. The molecule has 12 aromatic rings. The number of halogens is 1. The fourth-order valence-electron chi connectivity index (χ4n) is 15.8. The summed E-state index contributed by atoms with van der Waals surface area (Å²) in [5.41, 5.74) is 10.8. The van der Waals surface area contributed by atoms with Crippen LogP contribution in [0.25, 0.3) is 90.6 Å². The molecule has 0 amide bonds. The molecule has 7 aromatic carbocycles. The first kappa shape index (κ1) is 109. The summed E-state index contributed by atoms with van der Waals surface area (Å²) in [4.78, 5) is 52.1. The van der Waals surface area contributed by atoms with Crippen molar-refractivity contribution in [3.8, 4) is 143 Å². The minimum atomic E-state index is -3.30. The number of rotatable bonds is 44. The van der Waals surface area contributed by atoms with Crippen LogP contribution in [0.15, 0.2) is 205 Å². The number of hydrogen-bond donors (Lipinski definition) is 8. The number of sulfone groups is 1. The Labute approximate surface area is 843 Å². The number of nitrogens with zero attached hydrogens (tertiary/aromatic N) is 13. The number of fused-ring (bicyclic) bond motifs is 1. The molecule has 3 aliphatic heterocycles. The van der Waals surface area contributed by atoms with Gasteiger partial charge in [-0.2, -0.15) is 0 Å². The first-order valence-electron chi connectivity index (χ1n) is 47.6. The Bertz CT molecular complexity index is 6170. The van der Waals surface area contributed by atoms with E-state index in [1.807, 2.05) is 164 Å². The minimum Gasteiger partial charge on any atom is -0.491 e. The summed E-state index contributed by atoms with van der Waals surface area (Å²) < 4.78 is 85.5. The van der Waals surface area contributed by atoms with Crippen molar-refractivity contribution < 1.29 is 80.9 Å². The number of ether oxygens (including phenoxy) is 11. The van der Waals surface area contributed by atoms with Crippen LogP contribution in [-0.2, 0) is 28.8 Å². The van der Waals surface area contributed by atoms with E-state index < -0.39 is 34.3 Å². The monoisotopic (exact) mass is 1990 g/mol. The zero-order valence-corrected chi connectivity index (χ0v) is 84.8. The maximum absolute atomic E-state index is 11.8. The van der Waals surface area contributed by atoms with E-state index in [2.05, 4.69) is 80.0 Å². The van der Waals surface area contributed by atoms with Gasteiger partial charge in [-0.1, -0.05) is 90.5 Å². The Morgan fingerprint density at radius 1 is 0.455 bits per heavy atom. The van der Waals surface area contributed by atoms with E-state index in [4.69, 9.17) is 110 Å². The number of likely N-dealkylation sites (N-methyl/N-ethyl adjacent to an activating group) is 4. The average Bonchev–Trinajstić information content (AvgIpc) is 0.784. The first-order valence-corrected chi connectivity index (χ1v) is 49.9. The predicted molar refractivity (Wildman–Crippen MR) is 559 cm³/mol. The molecule has 760 valence electrons. The molecule has 34 nitrogen and oxygen atoms in total. The van der Waals surface area contributed by atoms with E-state index in [1.54, 1.807) is 86.0 Å². The summed E-state index contributed by atoms with van der Waals surface area (Å²) in [6.45, 7) is 11.6. The third-order valence-electron chi connectivity index (χ3n) is 23.5. The van der Waals surface area contributed by atoms with E-state index in [0.717, 1.165) is 148 Å². The van der Waals surface area contributed by atoms with Gasteiger partial charge in [0.25, 0.3) is 0 Å². The van der Waals surface area contributed by atoms with E-state index in [9.17, 15) is 28.8 Å². The zero-order valence-electron chi connectivity index (χ0n) is 83.3. The van der Waals surface area contributed by atoms with Crippen molar-refractivity contribution in [3.05, 3.63) is 211 Å². The molecule has 5 aromatic heterocycles. The van der Waals surface area contributed by atoms with E-state index in [-0.39, 0.29) is 31.3 Å². The van der Waals surface area contributed by atoms with Gasteiger partial charge in [0.15, 0.2) is 44.6 Å².